The number of likely N-dealkylation sites (tertiary alicyclic amines) is 2. The summed E-state index contributed by atoms with van der Waals surface area (Å²) in [5.41, 5.74) is 0. The molecule has 2 saturated heterocycles. The van der Waals surface area contributed by atoms with Crippen molar-refractivity contribution in [3.63, 3.8) is 0 Å². The molecule has 2 rings (SSSR count). The molecule has 0 spiro atoms. The zero-order valence-corrected chi connectivity index (χ0v) is 12.3. The second kappa shape index (κ2) is 6.92. The fourth-order valence-electron chi connectivity index (χ4n) is 2.94. The summed E-state index contributed by atoms with van der Waals surface area (Å²) in [6.45, 7) is 4.75. The molecule has 0 bridgehead atoms. The summed E-state index contributed by atoms with van der Waals surface area (Å²) in [5.74, 6) is 0.0577. The molecule has 0 saturated carbocycles. The van der Waals surface area contributed by atoms with Crippen molar-refractivity contribution in [1.82, 2.24) is 9.80 Å². The van der Waals surface area contributed by atoms with Crippen LogP contribution in [0.15, 0.2) is 0 Å². The Balaban J connectivity index is 1.88. The van der Waals surface area contributed by atoms with E-state index in [9.17, 15) is 9.59 Å². The maximum absolute atomic E-state index is 12.5. The predicted octanol–water partition coefficient (Wildman–Crippen LogP) is 1.10. The van der Waals surface area contributed by atoms with Gasteiger partial charge in [0, 0.05) is 33.3 Å². The lowest BCUT2D eigenvalue weighted by Gasteiger charge is -2.33. The van der Waals surface area contributed by atoms with Gasteiger partial charge in [0.15, 0.2) is 0 Å². The Morgan fingerprint density at radius 1 is 1.15 bits per heavy atom. The van der Waals surface area contributed by atoms with Crippen molar-refractivity contribution in [3.8, 4) is 0 Å². The molecule has 2 heterocycles. The van der Waals surface area contributed by atoms with Gasteiger partial charge in [0.25, 0.3) is 0 Å². The Morgan fingerprint density at radius 2 is 1.95 bits per heavy atom. The van der Waals surface area contributed by atoms with Gasteiger partial charge in [0.2, 0.25) is 5.91 Å². The first kappa shape index (κ1) is 15.1. The van der Waals surface area contributed by atoms with E-state index >= 15 is 0 Å². The van der Waals surface area contributed by atoms with Crippen LogP contribution in [0.1, 0.15) is 26.2 Å². The van der Waals surface area contributed by atoms with Gasteiger partial charge in [0.05, 0.1) is 18.6 Å². The molecule has 0 N–H and O–H groups in total. The quantitative estimate of drug-likeness (QED) is 0.779. The molecule has 2 aliphatic rings. The SMILES string of the molecule is CCOC(=O)N1CCC[C@@H](C(=O)N2CC[C@@H](OC)C2)C1. The molecule has 0 unspecified atom stereocenters. The number of amides is 2. The highest BCUT2D eigenvalue weighted by Crippen LogP contribution is 2.22. The highest BCUT2D eigenvalue weighted by Gasteiger charge is 2.34. The van der Waals surface area contributed by atoms with Gasteiger partial charge in [-0.25, -0.2) is 4.79 Å². The zero-order valence-electron chi connectivity index (χ0n) is 12.3. The highest BCUT2D eigenvalue weighted by molar-refractivity contribution is 5.80. The minimum Gasteiger partial charge on any atom is -0.450 e. The van der Waals surface area contributed by atoms with Gasteiger partial charge >= 0.3 is 6.09 Å². The first-order valence-electron chi connectivity index (χ1n) is 7.39. The summed E-state index contributed by atoms with van der Waals surface area (Å²) in [6.07, 6.45) is 2.46. The maximum atomic E-state index is 12.5. The van der Waals surface area contributed by atoms with E-state index in [2.05, 4.69) is 0 Å². The van der Waals surface area contributed by atoms with Crippen molar-refractivity contribution < 1.29 is 19.1 Å². The largest absolute Gasteiger partial charge is 0.450 e. The molecule has 6 heteroatoms. The summed E-state index contributed by atoms with van der Waals surface area (Å²) in [7, 11) is 1.68. The van der Waals surface area contributed by atoms with Gasteiger partial charge in [0.1, 0.15) is 0 Å². The fraction of sp³-hybridized carbons (Fsp3) is 0.857. The van der Waals surface area contributed by atoms with E-state index in [1.807, 2.05) is 4.90 Å². The van der Waals surface area contributed by atoms with Crippen molar-refractivity contribution >= 4 is 12.0 Å². The summed E-state index contributed by atoms with van der Waals surface area (Å²) >= 11 is 0. The van der Waals surface area contributed by atoms with Gasteiger partial charge in [-0.1, -0.05) is 0 Å². The molecule has 0 aromatic rings. The monoisotopic (exact) mass is 284 g/mol. The number of hydrogen-bond acceptors (Lipinski definition) is 4. The van der Waals surface area contributed by atoms with Gasteiger partial charge in [-0.3, -0.25) is 4.79 Å². The maximum Gasteiger partial charge on any atom is 0.409 e. The van der Waals surface area contributed by atoms with E-state index in [1.165, 1.54) is 0 Å². The van der Waals surface area contributed by atoms with E-state index in [1.54, 1.807) is 18.9 Å². The van der Waals surface area contributed by atoms with Crippen LogP contribution in [0.4, 0.5) is 4.79 Å². The number of nitrogens with zero attached hydrogens (tertiary/aromatic N) is 2. The number of ether oxygens (including phenoxy) is 2. The molecule has 0 aromatic heterocycles. The fourth-order valence-corrected chi connectivity index (χ4v) is 2.94. The van der Waals surface area contributed by atoms with Crippen molar-refractivity contribution in [3.05, 3.63) is 0 Å². The molecule has 2 atom stereocenters. The Morgan fingerprint density at radius 3 is 2.60 bits per heavy atom. The third-order valence-corrected chi connectivity index (χ3v) is 4.09. The van der Waals surface area contributed by atoms with E-state index in [4.69, 9.17) is 9.47 Å². The first-order valence-corrected chi connectivity index (χ1v) is 7.39. The van der Waals surface area contributed by atoms with Crippen LogP contribution in [0.3, 0.4) is 0 Å². The number of carbonyl (C=O) groups excluding carboxylic acids is 2. The molecule has 20 heavy (non-hydrogen) atoms. The molecule has 2 aliphatic heterocycles. The average Bonchev–Trinajstić information content (AvgIpc) is 2.96. The third-order valence-electron chi connectivity index (χ3n) is 4.09. The summed E-state index contributed by atoms with van der Waals surface area (Å²) in [4.78, 5) is 27.7. The van der Waals surface area contributed by atoms with Crippen LogP contribution in [-0.4, -0.2) is 67.8 Å². The molecular weight excluding hydrogens is 260 g/mol. The number of hydrogen-bond donors (Lipinski definition) is 0. The predicted molar refractivity (Wildman–Crippen MR) is 73.3 cm³/mol. The number of piperidine rings is 1. The number of rotatable bonds is 3. The second-order valence-electron chi connectivity index (χ2n) is 5.41. The normalized spacial score (nSPS) is 26.7. The highest BCUT2D eigenvalue weighted by atomic mass is 16.6. The molecule has 6 nitrogen and oxygen atoms in total. The number of methoxy groups -OCH3 is 1. The standard InChI is InChI=1S/C14H24N2O4/c1-3-20-14(18)16-7-4-5-11(9-16)13(17)15-8-6-12(10-15)19-2/h11-12H,3-10H2,1-2H3/t11-,12-/m1/s1. The van der Waals surface area contributed by atoms with Gasteiger partial charge in [-0.15, -0.1) is 0 Å². The van der Waals surface area contributed by atoms with E-state index in [0.717, 1.165) is 25.8 Å². The molecular formula is C14H24N2O4. The van der Waals surface area contributed by atoms with Crippen LogP contribution < -0.4 is 0 Å². The Hall–Kier alpha value is -1.30. The summed E-state index contributed by atoms with van der Waals surface area (Å²) in [6, 6.07) is 0. The minimum absolute atomic E-state index is 0.0937. The molecule has 0 radical (unpaired) electrons. The summed E-state index contributed by atoms with van der Waals surface area (Å²) in [5, 5.41) is 0. The van der Waals surface area contributed by atoms with Crippen LogP contribution in [0.25, 0.3) is 0 Å². The molecule has 114 valence electrons. The van der Waals surface area contributed by atoms with Crippen molar-refractivity contribution in [1.29, 1.82) is 0 Å². The lowest BCUT2D eigenvalue weighted by molar-refractivity contribution is -0.136. The van der Waals surface area contributed by atoms with Crippen molar-refractivity contribution in [2.24, 2.45) is 5.92 Å². The minimum atomic E-state index is -0.304. The average molecular weight is 284 g/mol. The number of carbonyl (C=O) groups is 2. The van der Waals surface area contributed by atoms with Crippen LogP contribution in [0.2, 0.25) is 0 Å². The summed E-state index contributed by atoms with van der Waals surface area (Å²) < 4.78 is 10.3. The van der Waals surface area contributed by atoms with Gasteiger partial charge in [-0.2, -0.15) is 0 Å². The smallest absolute Gasteiger partial charge is 0.409 e. The molecule has 2 fully saturated rings. The van der Waals surface area contributed by atoms with Crippen molar-refractivity contribution in [2.75, 3.05) is 39.9 Å². The van der Waals surface area contributed by atoms with E-state index < -0.39 is 0 Å². The Bertz CT molecular complexity index is 361. The zero-order chi connectivity index (χ0) is 14.5. The van der Waals surface area contributed by atoms with Crippen LogP contribution >= 0.6 is 0 Å². The topological polar surface area (TPSA) is 59.1 Å². The van der Waals surface area contributed by atoms with E-state index in [-0.39, 0.29) is 24.0 Å². The lowest BCUT2D eigenvalue weighted by Crippen LogP contribution is -2.46. The van der Waals surface area contributed by atoms with Crippen molar-refractivity contribution in [2.45, 2.75) is 32.3 Å². The third kappa shape index (κ3) is 3.42. The van der Waals surface area contributed by atoms with E-state index in [0.29, 0.717) is 26.2 Å². The Kier molecular flexibility index (Phi) is 5.23. The van der Waals surface area contributed by atoms with Crippen LogP contribution in [-0.2, 0) is 14.3 Å². The molecule has 2 amide bonds. The molecule has 0 aliphatic carbocycles. The molecule has 0 aromatic carbocycles. The first-order chi connectivity index (χ1) is 9.65. The van der Waals surface area contributed by atoms with Gasteiger partial charge < -0.3 is 19.3 Å². The Labute approximate surface area is 120 Å². The van der Waals surface area contributed by atoms with Gasteiger partial charge in [-0.05, 0) is 26.2 Å². The van der Waals surface area contributed by atoms with Crippen LogP contribution in [0, 0.1) is 5.92 Å². The lowest BCUT2D eigenvalue weighted by atomic mass is 9.97. The second-order valence-corrected chi connectivity index (χ2v) is 5.41. The van der Waals surface area contributed by atoms with Crippen LogP contribution in [0.5, 0.6) is 0 Å².